The van der Waals surface area contributed by atoms with Gasteiger partial charge in [0.05, 0.1) is 19.7 Å². The zero-order valence-electron chi connectivity index (χ0n) is 16.7. The van der Waals surface area contributed by atoms with Gasteiger partial charge in [-0.2, -0.15) is 4.98 Å². The summed E-state index contributed by atoms with van der Waals surface area (Å²) in [7, 11) is 3.17. The number of fused-ring (bicyclic) bond motifs is 2. The molecule has 3 N–H and O–H groups in total. The Bertz CT molecular complexity index is 1100. The summed E-state index contributed by atoms with van der Waals surface area (Å²) in [4.78, 5) is 22.7. The Kier molecular flexibility index (Phi) is 4.84. The number of nitrogens with two attached hydrogens (primary N) is 1. The highest BCUT2D eigenvalue weighted by atomic mass is 16.5. The minimum Gasteiger partial charge on any atom is -0.493 e. The molecule has 0 fully saturated rings. The van der Waals surface area contributed by atoms with Gasteiger partial charge in [-0.15, -0.1) is 0 Å². The van der Waals surface area contributed by atoms with E-state index in [1.165, 1.54) is 12.5 Å². The van der Waals surface area contributed by atoms with Crippen LogP contribution >= 0.6 is 0 Å². The van der Waals surface area contributed by atoms with Crippen LogP contribution < -0.4 is 25.4 Å². The molecule has 8 nitrogen and oxygen atoms in total. The van der Waals surface area contributed by atoms with E-state index in [1.54, 1.807) is 20.3 Å². The number of anilines is 3. The number of hydrogen-bond acceptors (Lipinski definition) is 7. The van der Waals surface area contributed by atoms with Crippen molar-refractivity contribution in [1.82, 2.24) is 9.97 Å². The molecule has 0 bridgehead atoms. The van der Waals surface area contributed by atoms with Crippen LogP contribution in [0.2, 0.25) is 0 Å². The molecule has 1 amide bonds. The first-order valence-electron chi connectivity index (χ1n) is 9.32. The van der Waals surface area contributed by atoms with E-state index in [-0.39, 0.29) is 5.91 Å². The van der Waals surface area contributed by atoms with Gasteiger partial charge >= 0.3 is 0 Å². The summed E-state index contributed by atoms with van der Waals surface area (Å²) in [6, 6.07) is 9.59. The molecule has 0 unspecified atom stereocenters. The van der Waals surface area contributed by atoms with E-state index in [0.717, 1.165) is 29.6 Å². The first-order chi connectivity index (χ1) is 14.0. The maximum absolute atomic E-state index is 11.4. The molecular weight excluding hydrogens is 370 g/mol. The molecule has 4 rings (SSSR count). The summed E-state index contributed by atoms with van der Waals surface area (Å²) in [6.45, 7) is 2.92. The molecule has 8 heteroatoms. The fraction of sp³-hybridized carbons (Fsp3) is 0.286. The van der Waals surface area contributed by atoms with Crippen LogP contribution in [0.3, 0.4) is 0 Å². The van der Waals surface area contributed by atoms with Crippen molar-refractivity contribution in [2.45, 2.75) is 19.9 Å². The van der Waals surface area contributed by atoms with Crippen molar-refractivity contribution in [3.8, 4) is 11.5 Å². The number of amides is 1. The molecule has 2 aromatic carbocycles. The third-order valence-corrected chi connectivity index (χ3v) is 5.04. The molecular formula is C21H23N5O3. The van der Waals surface area contributed by atoms with Crippen LogP contribution in [0.1, 0.15) is 18.1 Å². The molecule has 2 heterocycles. The van der Waals surface area contributed by atoms with Crippen LogP contribution in [-0.2, 0) is 17.8 Å². The van der Waals surface area contributed by atoms with E-state index in [4.69, 9.17) is 20.2 Å². The zero-order chi connectivity index (χ0) is 20.5. The molecule has 3 aromatic rings. The lowest BCUT2D eigenvalue weighted by molar-refractivity contribution is -0.114. The first-order valence-corrected chi connectivity index (χ1v) is 9.32. The van der Waals surface area contributed by atoms with Crippen LogP contribution in [-0.4, -0.2) is 36.6 Å². The summed E-state index contributed by atoms with van der Waals surface area (Å²) < 4.78 is 10.7. The van der Waals surface area contributed by atoms with Crippen LogP contribution in [0, 0.1) is 0 Å². The van der Waals surface area contributed by atoms with Gasteiger partial charge in [-0.1, -0.05) is 6.07 Å². The number of hydrogen-bond donors (Lipinski definition) is 2. The van der Waals surface area contributed by atoms with Gasteiger partial charge in [-0.05, 0) is 35.7 Å². The third kappa shape index (κ3) is 3.61. The van der Waals surface area contributed by atoms with E-state index in [9.17, 15) is 4.79 Å². The molecule has 0 saturated carbocycles. The monoisotopic (exact) mass is 393 g/mol. The maximum Gasteiger partial charge on any atom is 0.228 e. The zero-order valence-corrected chi connectivity index (χ0v) is 16.7. The Balaban J connectivity index is 1.69. The van der Waals surface area contributed by atoms with Gasteiger partial charge in [0.1, 0.15) is 5.82 Å². The number of carbonyl (C=O) groups excluding carboxylic acids is 1. The van der Waals surface area contributed by atoms with Gasteiger partial charge in [0.15, 0.2) is 11.5 Å². The van der Waals surface area contributed by atoms with E-state index in [0.29, 0.717) is 35.3 Å². The van der Waals surface area contributed by atoms with Crippen LogP contribution in [0.5, 0.6) is 11.5 Å². The molecule has 1 aromatic heterocycles. The average molecular weight is 393 g/mol. The number of nitrogens with zero attached hydrogens (tertiary/aromatic N) is 3. The summed E-state index contributed by atoms with van der Waals surface area (Å²) >= 11 is 0. The number of nitrogen functional groups attached to an aromatic ring is 1. The Labute approximate surface area is 168 Å². The number of carbonyl (C=O) groups is 1. The number of nitrogens with one attached hydrogen (secondary N) is 1. The molecule has 0 aliphatic carbocycles. The van der Waals surface area contributed by atoms with Crippen LogP contribution in [0.4, 0.5) is 17.5 Å². The van der Waals surface area contributed by atoms with Gasteiger partial charge in [0.2, 0.25) is 11.9 Å². The Morgan fingerprint density at radius 1 is 1.10 bits per heavy atom. The molecule has 0 saturated heterocycles. The van der Waals surface area contributed by atoms with E-state index in [2.05, 4.69) is 21.3 Å². The minimum atomic E-state index is -0.0902. The third-order valence-electron chi connectivity index (χ3n) is 5.04. The molecule has 0 atom stereocenters. The highest BCUT2D eigenvalue weighted by molar-refractivity contribution is 5.92. The number of aromatic nitrogens is 2. The number of rotatable bonds is 4. The molecule has 1 aliphatic heterocycles. The van der Waals surface area contributed by atoms with Crippen LogP contribution in [0.25, 0.3) is 10.9 Å². The topological polar surface area (TPSA) is 103 Å². The first kappa shape index (κ1) is 18.8. The van der Waals surface area contributed by atoms with Crippen molar-refractivity contribution in [3.63, 3.8) is 0 Å². The van der Waals surface area contributed by atoms with Crippen molar-refractivity contribution in [1.29, 1.82) is 0 Å². The van der Waals surface area contributed by atoms with Gasteiger partial charge in [0, 0.05) is 37.2 Å². The van der Waals surface area contributed by atoms with Crippen molar-refractivity contribution in [3.05, 3.63) is 41.5 Å². The van der Waals surface area contributed by atoms with Gasteiger partial charge in [-0.3, -0.25) is 4.79 Å². The largest absolute Gasteiger partial charge is 0.493 e. The highest BCUT2D eigenvalue weighted by Gasteiger charge is 2.21. The summed E-state index contributed by atoms with van der Waals surface area (Å²) in [5.74, 6) is 2.04. The van der Waals surface area contributed by atoms with Crippen molar-refractivity contribution < 1.29 is 14.3 Å². The Hall–Kier alpha value is -3.55. The smallest absolute Gasteiger partial charge is 0.228 e. The lowest BCUT2D eigenvalue weighted by Crippen LogP contribution is -2.32. The SMILES string of the molecule is COc1cc2nc(N3CCc4ccc(NC(C)=O)cc4C3)nc(N)c2cc1OC. The second-order valence-corrected chi connectivity index (χ2v) is 6.97. The second-order valence-electron chi connectivity index (χ2n) is 6.97. The predicted octanol–water partition coefficient (Wildman–Crippen LogP) is 2.75. The van der Waals surface area contributed by atoms with Crippen molar-refractivity contribution in [2.24, 2.45) is 0 Å². The normalized spacial score (nSPS) is 13.1. The number of benzene rings is 2. The van der Waals surface area contributed by atoms with Crippen molar-refractivity contribution in [2.75, 3.05) is 36.7 Å². The maximum atomic E-state index is 11.4. The number of ether oxygens (including phenoxy) is 2. The van der Waals surface area contributed by atoms with Gasteiger partial charge in [-0.25, -0.2) is 4.98 Å². The average Bonchev–Trinajstić information content (AvgIpc) is 2.71. The molecule has 150 valence electrons. The summed E-state index contributed by atoms with van der Waals surface area (Å²) in [6.07, 6.45) is 0.864. The van der Waals surface area contributed by atoms with Gasteiger partial charge in [0.25, 0.3) is 0 Å². The lowest BCUT2D eigenvalue weighted by Gasteiger charge is -2.29. The fourth-order valence-electron chi connectivity index (χ4n) is 3.62. The Morgan fingerprint density at radius 3 is 2.59 bits per heavy atom. The molecule has 0 spiro atoms. The Morgan fingerprint density at radius 2 is 1.86 bits per heavy atom. The van der Waals surface area contributed by atoms with Crippen LogP contribution in [0.15, 0.2) is 30.3 Å². The summed E-state index contributed by atoms with van der Waals surface area (Å²) in [5.41, 5.74) is 10.1. The molecule has 29 heavy (non-hydrogen) atoms. The molecule has 1 aliphatic rings. The quantitative estimate of drug-likeness (QED) is 0.702. The minimum absolute atomic E-state index is 0.0902. The van der Waals surface area contributed by atoms with E-state index < -0.39 is 0 Å². The number of methoxy groups -OCH3 is 2. The van der Waals surface area contributed by atoms with E-state index in [1.807, 2.05) is 18.2 Å². The molecule has 0 radical (unpaired) electrons. The standard InChI is InChI=1S/C21H23N5O3/c1-12(27)23-15-5-4-13-6-7-26(11-14(13)8-15)21-24-17-10-19(29-3)18(28-2)9-16(17)20(22)25-21/h4-5,8-10H,6-7,11H2,1-3H3,(H,23,27)(H2,22,24,25). The highest BCUT2D eigenvalue weighted by Crippen LogP contribution is 2.34. The summed E-state index contributed by atoms with van der Waals surface area (Å²) in [5, 5.41) is 3.55. The van der Waals surface area contributed by atoms with Crippen molar-refractivity contribution >= 4 is 34.3 Å². The lowest BCUT2D eigenvalue weighted by atomic mass is 9.99. The second kappa shape index (κ2) is 7.46. The van der Waals surface area contributed by atoms with E-state index >= 15 is 0 Å². The van der Waals surface area contributed by atoms with Gasteiger partial charge < -0.3 is 25.4 Å². The fourth-order valence-corrected chi connectivity index (χ4v) is 3.62. The predicted molar refractivity (Wildman–Crippen MR) is 113 cm³/mol.